The molecule has 2 rings (SSSR count). The van der Waals surface area contributed by atoms with Crippen LogP contribution in [0.4, 0.5) is 0 Å². The molecule has 0 spiro atoms. The molecule has 0 aromatic heterocycles. The van der Waals surface area contributed by atoms with Crippen molar-refractivity contribution >= 4 is 29.9 Å². The van der Waals surface area contributed by atoms with Gasteiger partial charge in [0.1, 0.15) is 12.4 Å². The Kier molecular flexibility index (Phi) is 12.1. The van der Waals surface area contributed by atoms with Gasteiger partial charge in [-0.3, -0.25) is 4.99 Å². The minimum absolute atomic E-state index is 0. The minimum Gasteiger partial charge on any atom is -0.491 e. The van der Waals surface area contributed by atoms with E-state index in [2.05, 4.69) is 33.8 Å². The molecular formula is C20H32IN3O2. The van der Waals surface area contributed by atoms with Gasteiger partial charge in [0.25, 0.3) is 0 Å². The Morgan fingerprint density at radius 2 is 1.92 bits per heavy atom. The number of nitrogens with one attached hydrogen (secondary N) is 2. The average molecular weight is 473 g/mol. The smallest absolute Gasteiger partial charge is 0.191 e. The van der Waals surface area contributed by atoms with E-state index in [4.69, 9.17) is 9.47 Å². The second-order valence-corrected chi connectivity index (χ2v) is 6.20. The molecule has 0 fully saturated rings. The number of benzene rings is 1. The number of ether oxygens (including phenoxy) is 2. The van der Waals surface area contributed by atoms with Gasteiger partial charge in [-0.1, -0.05) is 23.8 Å². The molecule has 0 atom stereocenters. The maximum absolute atomic E-state index is 5.57. The second-order valence-electron chi connectivity index (χ2n) is 6.20. The molecule has 0 heterocycles. The fraction of sp³-hybridized carbons (Fsp3) is 0.550. The Balaban J connectivity index is 0.00000338. The first kappa shape index (κ1) is 22.8. The fourth-order valence-corrected chi connectivity index (χ4v) is 2.83. The topological polar surface area (TPSA) is 54.9 Å². The summed E-state index contributed by atoms with van der Waals surface area (Å²) in [7, 11) is 3.48. The zero-order valence-electron chi connectivity index (χ0n) is 15.9. The monoisotopic (exact) mass is 473 g/mol. The lowest BCUT2D eigenvalue weighted by Crippen LogP contribution is -2.37. The molecule has 1 aliphatic rings. The zero-order chi connectivity index (χ0) is 17.7. The first-order chi connectivity index (χ1) is 12.3. The standard InChI is InChI=1S/C20H31N3O2.HI/c1-21-20(22-13-12-17-6-4-3-5-7-17)23-16-18-8-10-19(11-9-18)25-15-14-24-2;/h6,8-11H,3-5,7,12-16H2,1-2H3,(H2,21,22,23);1H. The van der Waals surface area contributed by atoms with E-state index in [1.54, 1.807) is 12.7 Å². The predicted octanol–water partition coefficient (Wildman–Crippen LogP) is 3.89. The van der Waals surface area contributed by atoms with Crippen LogP contribution in [0.25, 0.3) is 0 Å². The lowest BCUT2D eigenvalue weighted by atomic mass is 9.97. The maximum atomic E-state index is 5.57. The van der Waals surface area contributed by atoms with E-state index in [1.165, 1.54) is 31.2 Å². The lowest BCUT2D eigenvalue weighted by Gasteiger charge is -2.15. The van der Waals surface area contributed by atoms with Gasteiger partial charge in [0.2, 0.25) is 0 Å². The quantitative estimate of drug-likeness (QED) is 0.188. The van der Waals surface area contributed by atoms with E-state index in [9.17, 15) is 0 Å². The van der Waals surface area contributed by atoms with Crippen LogP contribution < -0.4 is 15.4 Å². The maximum Gasteiger partial charge on any atom is 0.191 e. The number of hydrogen-bond donors (Lipinski definition) is 2. The van der Waals surface area contributed by atoms with Gasteiger partial charge in [0, 0.05) is 27.2 Å². The number of methoxy groups -OCH3 is 1. The minimum atomic E-state index is 0. The third-order valence-corrected chi connectivity index (χ3v) is 4.29. The Morgan fingerprint density at radius 1 is 1.12 bits per heavy atom. The molecule has 1 aliphatic carbocycles. The molecule has 0 radical (unpaired) electrons. The van der Waals surface area contributed by atoms with E-state index >= 15 is 0 Å². The molecule has 26 heavy (non-hydrogen) atoms. The van der Waals surface area contributed by atoms with Gasteiger partial charge in [-0.15, -0.1) is 24.0 Å². The van der Waals surface area contributed by atoms with Gasteiger partial charge in [-0.25, -0.2) is 0 Å². The van der Waals surface area contributed by atoms with Gasteiger partial charge in [0.15, 0.2) is 5.96 Å². The normalized spacial score (nSPS) is 14.2. The van der Waals surface area contributed by atoms with Crippen molar-refractivity contribution < 1.29 is 9.47 Å². The van der Waals surface area contributed by atoms with Gasteiger partial charge in [-0.05, 0) is 49.8 Å². The van der Waals surface area contributed by atoms with Crippen LogP contribution >= 0.6 is 24.0 Å². The number of aliphatic imine (C=N–C) groups is 1. The molecule has 1 aromatic rings. The summed E-state index contributed by atoms with van der Waals surface area (Å²) in [6.45, 7) is 2.84. The van der Waals surface area contributed by atoms with Crippen LogP contribution in [0.5, 0.6) is 5.75 Å². The summed E-state index contributed by atoms with van der Waals surface area (Å²) in [5, 5.41) is 6.75. The zero-order valence-corrected chi connectivity index (χ0v) is 18.3. The fourth-order valence-electron chi connectivity index (χ4n) is 2.83. The number of allylic oxidation sites excluding steroid dienone is 1. The third-order valence-electron chi connectivity index (χ3n) is 4.29. The van der Waals surface area contributed by atoms with Crippen molar-refractivity contribution in [3.05, 3.63) is 41.5 Å². The molecule has 6 heteroatoms. The number of guanidine groups is 1. The Hall–Kier alpha value is -1.28. The van der Waals surface area contributed by atoms with Crippen LogP contribution in [-0.4, -0.2) is 39.9 Å². The Bertz CT molecular complexity index is 559. The molecule has 0 bridgehead atoms. The van der Waals surface area contributed by atoms with E-state index in [-0.39, 0.29) is 24.0 Å². The van der Waals surface area contributed by atoms with E-state index in [0.717, 1.165) is 31.2 Å². The van der Waals surface area contributed by atoms with Gasteiger partial charge < -0.3 is 20.1 Å². The highest BCUT2D eigenvalue weighted by atomic mass is 127. The molecule has 0 aliphatic heterocycles. The molecule has 2 N–H and O–H groups in total. The summed E-state index contributed by atoms with van der Waals surface area (Å²) in [5.74, 6) is 1.71. The van der Waals surface area contributed by atoms with Crippen molar-refractivity contribution in [2.24, 2.45) is 4.99 Å². The molecule has 0 saturated heterocycles. The first-order valence-corrected chi connectivity index (χ1v) is 9.15. The highest BCUT2D eigenvalue weighted by Crippen LogP contribution is 2.19. The molecular weight excluding hydrogens is 441 g/mol. The highest BCUT2D eigenvalue weighted by molar-refractivity contribution is 14.0. The van der Waals surface area contributed by atoms with Crippen molar-refractivity contribution in [2.75, 3.05) is 33.9 Å². The summed E-state index contributed by atoms with van der Waals surface area (Å²) in [6, 6.07) is 8.10. The SMILES string of the molecule is CN=C(NCCC1=CCCCC1)NCc1ccc(OCCOC)cc1.I. The van der Waals surface area contributed by atoms with Gasteiger partial charge in [0.05, 0.1) is 6.61 Å². The number of nitrogens with zero attached hydrogens (tertiary/aromatic N) is 1. The summed E-state index contributed by atoms with van der Waals surface area (Å²) in [4.78, 5) is 4.29. The first-order valence-electron chi connectivity index (χ1n) is 9.15. The molecule has 146 valence electrons. The average Bonchev–Trinajstić information content (AvgIpc) is 2.66. The van der Waals surface area contributed by atoms with Crippen LogP contribution in [0, 0.1) is 0 Å². The van der Waals surface area contributed by atoms with Gasteiger partial charge >= 0.3 is 0 Å². The van der Waals surface area contributed by atoms with Crippen LogP contribution in [-0.2, 0) is 11.3 Å². The number of rotatable bonds is 9. The number of hydrogen-bond acceptors (Lipinski definition) is 3. The van der Waals surface area contributed by atoms with Crippen molar-refractivity contribution in [2.45, 2.75) is 38.6 Å². The number of halogens is 1. The van der Waals surface area contributed by atoms with Crippen LogP contribution in [0.3, 0.4) is 0 Å². The van der Waals surface area contributed by atoms with Crippen LogP contribution in [0.15, 0.2) is 40.9 Å². The summed E-state index contributed by atoms with van der Waals surface area (Å²) in [5.41, 5.74) is 2.77. The van der Waals surface area contributed by atoms with Crippen LogP contribution in [0.2, 0.25) is 0 Å². The molecule has 0 unspecified atom stereocenters. The highest BCUT2D eigenvalue weighted by Gasteiger charge is 2.04. The summed E-state index contributed by atoms with van der Waals surface area (Å²) < 4.78 is 10.5. The van der Waals surface area contributed by atoms with Gasteiger partial charge in [-0.2, -0.15) is 0 Å². The molecule has 5 nitrogen and oxygen atoms in total. The molecule has 0 saturated carbocycles. The van der Waals surface area contributed by atoms with Crippen molar-refractivity contribution in [3.63, 3.8) is 0 Å². The van der Waals surface area contributed by atoms with Crippen molar-refractivity contribution in [1.29, 1.82) is 0 Å². The lowest BCUT2D eigenvalue weighted by molar-refractivity contribution is 0.146. The van der Waals surface area contributed by atoms with Crippen LogP contribution in [0.1, 0.15) is 37.7 Å². The molecule has 0 amide bonds. The van der Waals surface area contributed by atoms with Crippen molar-refractivity contribution in [1.82, 2.24) is 10.6 Å². The van der Waals surface area contributed by atoms with E-state index < -0.39 is 0 Å². The summed E-state index contributed by atoms with van der Waals surface area (Å²) >= 11 is 0. The van der Waals surface area contributed by atoms with E-state index in [0.29, 0.717) is 13.2 Å². The Labute approximate surface area is 174 Å². The predicted molar refractivity (Wildman–Crippen MR) is 119 cm³/mol. The summed E-state index contributed by atoms with van der Waals surface area (Å²) in [6.07, 6.45) is 8.69. The molecule has 1 aromatic carbocycles. The third kappa shape index (κ3) is 8.89. The van der Waals surface area contributed by atoms with E-state index in [1.807, 2.05) is 19.2 Å². The second kappa shape index (κ2) is 13.9. The largest absolute Gasteiger partial charge is 0.491 e. The van der Waals surface area contributed by atoms with Crippen molar-refractivity contribution in [3.8, 4) is 5.75 Å². The Morgan fingerprint density at radius 3 is 2.58 bits per heavy atom.